The lowest BCUT2D eigenvalue weighted by Crippen LogP contribution is -2.36. The average molecular weight is 321 g/mol. The summed E-state index contributed by atoms with van der Waals surface area (Å²) in [6.07, 6.45) is 4.30. The van der Waals surface area contributed by atoms with E-state index in [0.29, 0.717) is 0 Å². The van der Waals surface area contributed by atoms with Crippen molar-refractivity contribution in [2.75, 3.05) is 19.7 Å². The number of hydrogen-bond donors (Lipinski definition) is 1. The molecule has 0 radical (unpaired) electrons. The van der Waals surface area contributed by atoms with Crippen molar-refractivity contribution in [1.29, 1.82) is 0 Å². The minimum Gasteiger partial charge on any atom is -0.396 e. The largest absolute Gasteiger partial charge is 0.396 e. The predicted octanol–water partition coefficient (Wildman–Crippen LogP) is 3.74. The number of amides is 1. The number of aliphatic hydroxyl groups excluding tert-OH is 1. The van der Waals surface area contributed by atoms with Gasteiger partial charge in [0.05, 0.1) is 6.61 Å². The standard InChI is InChI=1S/C21H23NO2/c23-15-12-21(24)22-13-10-18(11-14-22)16-17-6-8-20(9-7-17)19-4-2-1-3-5-19/h1-9,16,23H,10-15H2. The fraction of sp³-hybridized carbons (Fsp3) is 0.286. The third-order valence-corrected chi connectivity index (χ3v) is 4.47. The lowest BCUT2D eigenvalue weighted by Gasteiger charge is -2.28. The summed E-state index contributed by atoms with van der Waals surface area (Å²) in [6, 6.07) is 19.0. The van der Waals surface area contributed by atoms with Gasteiger partial charge in [-0.05, 0) is 29.5 Å². The Bertz CT molecular complexity index is 694. The van der Waals surface area contributed by atoms with E-state index >= 15 is 0 Å². The first-order chi connectivity index (χ1) is 11.8. The van der Waals surface area contributed by atoms with Gasteiger partial charge in [0, 0.05) is 19.5 Å². The highest BCUT2D eigenvalue weighted by Crippen LogP contribution is 2.23. The van der Waals surface area contributed by atoms with Crippen LogP contribution in [0.15, 0.2) is 60.2 Å². The average Bonchev–Trinajstić information content (AvgIpc) is 2.64. The van der Waals surface area contributed by atoms with E-state index in [1.165, 1.54) is 22.3 Å². The summed E-state index contributed by atoms with van der Waals surface area (Å²) < 4.78 is 0. The van der Waals surface area contributed by atoms with Crippen molar-refractivity contribution in [2.24, 2.45) is 0 Å². The second-order valence-electron chi connectivity index (χ2n) is 6.15. The summed E-state index contributed by atoms with van der Waals surface area (Å²) >= 11 is 0. The summed E-state index contributed by atoms with van der Waals surface area (Å²) in [7, 11) is 0. The second-order valence-corrected chi connectivity index (χ2v) is 6.15. The van der Waals surface area contributed by atoms with Crippen LogP contribution in [0.4, 0.5) is 0 Å². The van der Waals surface area contributed by atoms with E-state index in [9.17, 15) is 4.79 Å². The zero-order valence-electron chi connectivity index (χ0n) is 13.8. The molecule has 1 amide bonds. The molecular weight excluding hydrogens is 298 g/mol. The molecule has 1 aliphatic rings. The van der Waals surface area contributed by atoms with E-state index in [4.69, 9.17) is 5.11 Å². The number of aliphatic hydroxyl groups is 1. The maximum absolute atomic E-state index is 11.8. The molecule has 24 heavy (non-hydrogen) atoms. The summed E-state index contributed by atoms with van der Waals surface area (Å²) in [5.41, 5.74) is 5.05. The highest BCUT2D eigenvalue weighted by Gasteiger charge is 2.18. The Hall–Kier alpha value is -2.39. The molecule has 0 bridgehead atoms. The predicted molar refractivity (Wildman–Crippen MR) is 97.4 cm³/mol. The van der Waals surface area contributed by atoms with E-state index in [0.717, 1.165) is 25.9 Å². The van der Waals surface area contributed by atoms with Crippen molar-refractivity contribution in [2.45, 2.75) is 19.3 Å². The molecule has 0 spiro atoms. The number of carbonyl (C=O) groups excluding carboxylic acids is 1. The van der Waals surface area contributed by atoms with E-state index in [2.05, 4.69) is 54.6 Å². The van der Waals surface area contributed by atoms with Gasteiger partial charge in [-0.25, -0.2) is 0 Å². The first kappa shape index (κ1) is 16.5. The topological polar surface area (TPSA) is 40.5 Å². The van der Waals surface area contributed by atoms with Crippen LogP contribution in [0.25, 0.3) is 17.2 Å². The molecule has 1 aliphatic heterocycles. The molecule has 0 aromatic heterocycles. The maximum Gasteiger partial charge on any atom is 0.224 e. The third kappa shape index (κ3) is 4.12. The van der Waals surface area contributed by atoms with Crippen molar-refractivity contribution >= 4 is 12.0 Å². The Morgan fingerprint density at radius 1 is 0.958 bits per heavy atom. The highest BCUT2D eigenvalue weighted by molar-refractivity contribution is 5.76. The van der Waals surface area contributed by atoms with Gasteiger partial charge in [-0.3, -0.25) is 4.79 Å². The molecule has 2 aromatic carbocycles. The van der Waals surface area contributed by atoms with Crippen molar-refractivity contribution in [1.82, 2.24) is 4.90 Å². The number of rotatable bonds is 4. The molecular formula is C21H23NO2. The van der Waals surface area contributed by atoms with Crippen molar-refractivity contribution in [3.05, 3.63) is 65.7 Å². The Morgan fingerprint density at radius 3 is 2.21 bits per heavy atom. The molecule has 0 saturated carbocycles. The zero-order valence-corrected chi connectivity index (χ0v) is 13.8. The van der Waals surface area contributed by atoms with Gasteiger partial charge in [0.2, 0.25) is 5.91 Å². The van der Waals surface area contributed by atoms with Gasteiger partial charge in [-0.2, -0.15) is 0 Å². The number of hydrogen-bond acceptors (Lipinski definition) is 2. The summed E-state index contributed by atoms with van der Waals surface area (Å²) in [5, 5.41) is 8.86. The first-order valence-electron chi connectivity index (χ1n) is 8.50. The van der Waals surface area contributed by atoms with Crippen LogP contribution in [0.3, 0.4) is 0 Å². The van der Waals surface area contributed by atoms with Gasteiger partial charge in [-0.1, -0.05) is 66.2 Å². The van der Waals surface area contributed by atoms with Gasteiger partial charge < -0.3 is 10.0 Å². The lowest BCUT2D eigenvalue weighted by molar-refractivity contribution is -0.132. The van der Waals surface area contributed by atoms with Crippen LogP contribution in [0, 0.1) is 0 Å². The molecule has 1 N–H and O–H groups in total. The van der Waals surface area contributed by atoms with Crippen molar-refractivity contribution in [3.63, 3.8) is 0 Å². The molecule has 0 unspecified atom stereocenters. The molecule has 124 valence electrons. The second kappa shape index (κ2) is 7.93. The molecule has 1 fully saturated rings. The molecule has 1 heterocycles. The molecule has 1 saturated heterocycles. The first-order valence-corrected chi connectivity index (χ1v) is 8.50. The molecule has 3 heteroatoms. The van der Waals surface area contributed by atoms with Crippen LogP contribution in [0.1, 0.15) is 24.8 Å². The number of benzene rings is 2. The Balaban J connectivity index is 1.62. The normalized spacial score (nSPS) is 14.5. The van der Waals surface area contributed by atoms with Crippen molar-refractivity contribution in [3.8, 4) is 11.1 Å². The minimum atomic E-state index is -0.0637. The Morgan fingerprint density at radius 2 is 1.58 bits per heavy atom. The zero-order chi connectivity index (χ0) is 16.8. The Kier molecular flexibility index (Phi) is 5.44. The van der Waals surface area contributed by atoms with Crippen LogP contribution in [-0.2, 0) is 4.79 Å². The molecule has 0 aliphatic carbocycles. The number of nitrogens with zero attached hydrogens (tertiary/aromatic N) is 1. The van der Waals surface area contributed by atoms with E-state index in [-0.39, 0.29) is 18.9 Å². The monoisotopic (exact) mass is 321 g/mol. The van der Waals surface area contributed by atoms with Crippen LogP contribution in [0.5, 0.6) is 0 Å². The van der Waals surface area contributed by atoms with Gasteiger partial charge in [-0.15, -0.1) is 0 Å². The van der Waals surface area contributed by atoms with Gasteiger partial charge >= 0.3 is 0 Å². The Labute approximate surface area is 143 Å². The SMILES string of the molecule is O=C(CCO)N1CCC(=Cc2ccc(-c3ccccc3)cc2)CC1. The van der Waals surface area contributed by atoms with Crippen molar-refractivity contribution < 1.29 is 9.90 Å². The van der Waals surface area contributed by atoms with E-state index < -0.39 is 0 Å². The molecule has 3 rings (SSSR count). The van der Waals surface area contributed by atoms with Crippen LogP contribution < -0.4 is 0 Å². The number of carbonyl (C=O) groups is 1. The summed E-state index contributed by atoms with van der Waals surface area (Å²) in [6.45, 7) is 1.45. The van der Waals surface area contributed by atoms with E-state index in [1.54, 1.807) is 0 Å². The number of piperidine rings is 1. The van der Waals surface area contributed by atoms with E-state index in [1.807, 2.05) is 11.0 Å². The minimum absolute atomic E-state index is 0.0590. The van der Waals surface area contributed by atoms with Crippen LogP contribution in [0.2, 0.25) is 0 Å². The highest BCUT2D eigenvalue weighted by atomic mass is 16.3. The third-order valence-electron chi connectivity index (χ3n) is 4.47. The van der Waals surface area contributed by atoms with Crippen LogP contribution in [-0.4, -0.2) is 35.6 Å². The fourth-order valence-electron chi connectivity index (χ4n) is 3.08. The maximum atomic E-state index is 11.8. The molecule has 0 atom stereocenters. The molecule has 3 nitrogen and oxygen atoms in total. The summed E-state index contributed by atoms with van der Waals surface area (Å²) in [4.78, 5) is 13.6. The lowest BCUT2D eigenvalue weighted by atomic mass is 9.99. The summed E-state index contributed by atoms with van der Waals surface area (Å²) in [5.74, 6) is 0.0590. The smallest absolute Gasteiger partial charge is 0.224 e. The van der Waals surface area contributed by atoms with Gasteiger partial charge in [0.15, 0.2) is 0 Å². The van der Waals surface area contributed by atoms with Gasteiger partial charge in [0.1, 0.15) is 0 Å². The number of likely N-dealkylation sites (tertiary alicyclic amines) is 1. The van der Waals surface area contributed by atoms with Crippen LogP contribution >= 0.6 is 0 Å². The molecule has 2 aromatic rings. The van der Waals surface area contributed by atoms with Gasteiger partial charge in [0.25, 0.3) is 0 Å². The quantitative estimate of drug-likeness (QED) is 0.932. The fourth-order valence-corrected chi connectivity index (χ4v) is 3.08.